The molecule has 2 heterocycles. The standard InChI is InChI=1S/C12H20N4O/c1-4-15-6-5-13-11(12(15)17)16-8-9(2)14-7-10(16)3/h5-6,9-10,14H,4,7-8H2,1-3H3. The lowest BCUT2D eigenvalue weighted by Gasteiger charge is -2.37. The molecule has 1 aliphatic heterocycles. The topological polar surface area (TPSA) is 50.2 Å². The first-order valence-corrected chi connectivity index (χ1v) is 6.19. The van der Waals surface area contributed by atoms with E-state index in [0.29, 0.717) is 24.4 Å². The molecule has 0 aliphatic carbocycles. The highest BCUT2D eigenvalue weighted by molar-refractivity contribution is 5.38. The molecule has 1 fully saturated rings. The Morgan fingerprint density at radius 1 is 1.53 bits per heavy atom. The van der Waals surface area contributed by atoms with Gasteiger partial charge in [-0.3, -0.25) is 4.79 Å². The molecule has 1 N–H and O–H groups in total. The predicted molar refractivity (Wildman–Crippen MR) is 68.4 cm³/mol. The van der Waals surface area contributed by atoms with Gasteiger partial charge in [0, 0.05) is 44.1 Å². The summed E-state index contributed by atoms with van der Waals surface area (Å²) in [6.45, 7) is 8.61. The highest BCUT2D eigenvalue weighted by Gasteiger charge is 2.25. The molecule has 94 valence electrons. The Labute approximate surface area is 101 Å². The highest BCUT2D eigenvalue weighted by atomic mass is 16.1. The van der Waals surface area contributed by atoms with Crippen molar-refractivity contribution in [2.24, 2.45) is 0 Å². The van der Waals surface area contributed by atoms with Crippen molar-refractivity contribution in [1.29, 1.82) is 0 Å². The van der Waals surface area contributed by atoms with Gasteiger partial charge >= 0.3 is 0 Å². The van der Waals surface area contributed by atoms with Gasteiger partial charge in [0.05, 0.1) is 0 Å². The Morgan fingerprint density at radius 3 is 3.00 bits per heavy atom. The molecule has 0 radical (unpaired) electrons. The van der Waals surface area contributed by atoms with Crippen molar-refractivity contribution in [1.82, 2.24) is 14.9 Å². The van der Waals surface area contributed by atoms with E-state index in [0.717, 1.165) is 13.1 Å². The highest BCUT2D eigenvalue weighted by Crippen LogP contribution is 2.12. The number of nitrogens with one attached hydrogen (secondary N) is 1. The third kappa shape index (κ3) is 2.34. The van der Waals surface area contributed by atoms with E-state index in [1.807, 2.05) is 6.92 Å². The molecule has 2 rings (SSSR count). The summed E-state index contributed by atoms with van der Waals surface area (Å²) >= 11 is 0. The van der Waals surface area contributed by atoms with Gasteiger partial charge in [0.25, 0.3) is 5.56 Å². The van der Waals surface area contributed by atoms with Gasteiger partial charge in [-0.15, -0.1) is 0 Å². The number of piperazine rings is 1. The number of hydrogen-bond acceptors (Lipinski definition) is 4. The molecule has 1 saturated heterocycles. The number of aromatic nitrogens is 2. The Kier molecular flexibility index (Phi) is 3.47. The summed E-state index contributed by atoms with van der Waals surface area (Å²) in [7, 11) is 0. The molecule has 2 atom stereocenters. The minimum atomic E-state index is 0.0101. The molecule has 17 heavy (non-hydrogen) atoms. The number of rotatable bonds is 2. The zero-order chi connectivity index (χ0) is 12.4. The fraction of sp³-hybridized carbons (Fsp3) is 0.667. The molecular formula is C12H20N4O. The maximum absolute atomic E-state index is 12.2. The molecule has 5 heteroatoms. The smallest absolute Gasteiger partial charge is 0.293 e. The zero-order valence-electron chi connectivity index (χ0n) is 10.7. The maximum atomic E-state index is 12.2. The van der Waals surface area contributed by atoms with E-state index in [1.165, 1.54) is 0 Å². The van der Waals surface area contributed by atoms with Gasteiger partial charge < -0.3 is 14.8 Å². The van der Waals surface area contributed by atoms with Crippen LogP contribution in [0.3, 0.4) is 0 Å². The van der Waals surface area contributed by atoms with E-state index in [1.54, 1.807) is 17.0 Å². The normalized spacial score (nSPS) is 25.0. The number of hydrogen-bond donors (Lipinski definition) is 1. The van der Waals surface area contributed by atoms with E-state index in [4.69, 9.17) is 0 Å². The fourth-order valence-electron chi connectivity index (χ4n) is 2.20. The summed E-state index contributed by atoms with van der Waals surface area (Å²) < 4.78 is 1.70. The number of aryl methyl sites for hydroxylation is 1. The minimum Gasteiger partial charge on any atom is -0.346 e. The molecule has 2 unspecified atom stereocenters. The second-order valence-corrected chi connectivity index (χ2v) is 4.65. The van der Waals surface area contributed by atoms with Crippen LogP contribution in [0.4, 0.5) is 5.82 Å². The molecular weight excluding hydrogens is 216 g/mol. The first kappa shape index (κ1) is 12.1. The monoisotopic (exact) mass is 236 g/mol. The first-order valence-electron chi connectivity index (χ1n) is 6.19. The molecule has 1 aliphatic rings. The molecule has 0 aromatic carbocycles. The van der Waals surface area contributed by atoms with E-state index in [9.17, 15) is 4.79 Å². The average Bonchev–Trinajstić information content (AvgIpc) is 2.33. The van der Waals surface area contributed by atoms with E-state index in [2.05, 4.69) is 29.0 Å². The molecule has 5 nitrogen and oxygen atoms in total. The SMILES string of the molecule is CCn1ccnc(N2CC(C)NCC2C)c1=O. The van der Waals surface area contributed by atoms with Gasteiger partial charge in [0.15, 0.2) is 5.82 Å². The molecule has 0 amide bonds. The van der Waals surface area contributed by atoms with E-state index >= 15 is 0 Å². The molecule has 0 saturated carbocycles. The molecule has 0 bridgehead atoms. The largest absolute Gasteiger partial charge is 0.346 e. The van der Waals surface area contributed by atoms with Crippen molar-refractivity contribution in [3.05, 3.63) is 22.7 Å². The third-order valence-electron chi connectivity index (χ3n) is 3.27. The predicted octanol–water partition coefficient (Wildman–Crippen LogP) is 0.450. The Balaban J connectivity index is 2.35. The van der Waals surface area contributed by atoms with Gasteiger partial charge in [0.1, 0.15) is 0 Å². The summed E-state index contributed by atoms with van der Waals surface area (Å²) in [6.07, 6.45) is 3.45. The summed E-state index contributed by atoms with van der Waals surface area (Å²) in [4.78, 5) is 18.6. The van der Waals surface area contributed by atoms with Crippen LogP contribution in [-0.4, -0.2) is 34.7 Å². The molecule has 1 aromatic heterocycles. The quantitative estimate of drug-likeness (QED) is 0.810. The van der Waals surface area contributed by atoms with Crippen LogP contribution < -0.4 is 15.8 Å². The Hall–Kier alpha value is -1.36. The first-order chi connectivity index (χ1) is 8.13. The van der Waals surface area contributed by atoms with E-state index in [-0.39, 0.29) is 5.56 Å². The lowest BCUT2D eigenvalue weighted by molar-refractivity contribution is 0.420. The second kappa shape index (κ2) is 4.87. The third-order valence-corrected chi connectivity index (χ3v) is 3.27. The van der Waals surface area contributed by atoms with Crippen LogP contribution in [0.1, 0.15) is 20.8 Å². The summed E-state index contributed by atoms with van der Waals surface area (Å²) in [6, 6.07) is 0.696. The van der Waals surface area contributed by atoms with Crippen LogP contribution >= 0.6 is 0 Å². The number of anilines is 1. The van der Waals surface area contributed by atoms with Crippen LogP contribution in [0.2, 0.25) is 0 Å². The van der Waals surface area contributed by atoms with Crippen molar-refractivity contribution in [3.63, 3.8) is 0 Å². The van der Waals surface area contributed by atoms with Gasteiger partial charge in [-0.1, -0.05) is 0 Å². The van der Waals surface area contributed by atoms with Crippen molar-refractivity contribution in [2.75, 3.05) is 18.0 Å². The summed E-state index contributed by atoms with van der Waals surface area (Å²) in [5, 5.41) is 3.40. The maximum Gasteiger partial charge on any atom is 0.293 e. The Bertz CT molecular complexity index is 442. The van der Waals surface area contributed by atoms with E-state index < -0.39 is 0 Å². The molecule has 0 spiro atoms. The van der Waals surface area contributed by atoms with Crippen LogP contribution in [0.15, 0.2) is 17.2 Å². The van der Waals surface area contributed by atoms with Gasteiger partial charge in [-0.05, 0) is 20.8 Å². The lowest BCUT2D eigenvalue weighted by atomic mass is 10.1. The molecule has 1 aromatic rings. The average molecular weight is 236 g/mol. The van der Waals surface area contributed by atoms with Crippen molar-refractivity contribution >= 4 is 5.82 Å². The lowest BCUT2D eigenvalue weighted by Crippen LogP contribution is -2.56. The van der Waals surface area contributed by atoms with Gasteiger partial charge in [-0.2, -0.15) is 0 Å². The fourth-order valence-corrected chi connectivity index (χ4v) is 2.20. The van der Waals surface area contributed by atoms with Gasteiger partial charge in [-0.25, -0.2) is 4.98 Å². The summed E-state index contributed by atoms with van der Waals surface area (Å²) in [5.74, 6) is 0.579. The van der Waals surface area contributed by atoms with Crippen LogP contribution in [-0.2, 0) is 6.54 Å². The number of nitrogens with zero attached hydrogens (tertiary/aromatic N) is 3. The van der Waals surface area contributed by atoms with Crippen LogP contribution in [0.5, 0.6) is 0 Å². The second-order valence-electron chi connectivity index (χ2n) is 4.65. The zero-order valence-corrected chi connectivity index (χ0v) is 10.7. The minimum absolute atomic E-state index is 0.0101. The van der Waals surface area contributed by atoms with Gasteiger partial charge in [0.2, 0.25) is 0 Å². The van der Waals surface area contributed by atoms with Crippen LogP contribution in [0, 0.1) is 0 Å². The van der Waals surface area contributed by atoms with Crippen LogP contribution in [0.25, 0.3) is 0 Å². The van der Waals surface area contributed by atoms with Crippen molar-refractivity contribution < 1.29 is 0 Å². The van der Waals surface area contributed by atoms with Crippen molar-refractivity contribution in [3.8, 4) is 0 Å². The Morgan fingerprint density at radius 2 is 2.29 bits per heavy atom. The summed E-state index contributed by atoms with van der Waals surface area (Å²) in [5.41, 5.74) is 0.0101. The van der Waals surface area contributed by atoms with Crippen molar-refractivity contribution in [2.45, 2.75) is 39.4 Å².